The Bertz CT molecular complexity index is 791. The third-order valence-electron chi connectivity index (χ3n) is 4.49. The van der Waals surface area contributed by atoms with Gasteiger partial charge >= 0.3 is 5.97 Å². The van der Waals surface area contributed by atoms with Crippen LogP contribution in [0.1, 0.15) is 11.1 Å². The minimum Gasteiger partial charge on any atom is -0.504 e. The van der Waals surface area contributed by atoms with E-state index in [9.17, 15) is 9.90 Å². The molecule has 1 fully saturated rings. The fourth-order valence-electron chi connectivity index (χ4n) is 3.14. The van der Waals surface area contributed by atoms with E-state index in [0.29, 0.717) is 35.2 Å². The van der Waals surface area contributed by atoms with Gasteiger partial charge in [-0.2, -0.15) is 0 Å². The zero-order chi connectivity index (χ0) is 18.0. The number of cyclic esters (lactones) is 1. The van der Waals surface area contributed by atoms with Crippen LogP contribution in [0.25, 0.3) is 0 Å². The zero-order valence-corrected chi connectivity index (χ0v) is 15.2. The molecule has 2 aromatic rings. The summed E-state index contributed by atoms with van der Waals surface area (Å²) in [6, 6.07) is 10.7. The number of phenols is 1. The largest absolute Gasteiger partial charge is 0.504 e. The van der Waals surface area contributed by atoms with Gasteiger partial charge in [-0.25, -0.2) is 0 Å². The van der Waals surface area contributed by atoms with Gasteiger partial charge in [0.05, 0.1) is 29.7 Å². The van der Waals surface area contributed by atoms with Crippen LogP contribution in [0.4, 0.5) is 0 Å². The molecule has 0 bridgehead atoms. The smallest absolute Gasteiger partial charge is 0.309 e. The summed E-state index contributed by atoms with van der Waals surface area (Å²) in [6.07, 6.45) is 1.18. The highest BCUT2D eigenvalue weighted by atomic mass is 35.5. The number of hydrogen-bond acceptors (Lipinski definition) is 4. The lowest BCUT2D eigenvalue weighted by Crippen LogP contribution is -2.20. The number of ether oxygens (including phenoxy) is 2. The topological polar surface area (TPSA) is 55.8 Å². The number of esters is 1. The monoisotopic (exact) mass is 380 g/mol. The Morgan fingerprint density at radius 2 is 1.84 bits per heavy atom. The first-order valence-corrected chi connectivity index (χ1v) is 8.70. The summed E-state index contributed by atoms with van der Waals surface area (Å²) in [5.74, 6) is 0.103. The Morgan fingerprint density at radius 3 is 2.52 bits per heavy atom. The molecule has 3 rings (SSSR count). The van der Waals surface area contributed by atoms with E-state index in [-0.39, 0.29) is 23.6 Å². The fraction of sp³-hybridized carbons (Fsp3) is 0.316. The Kier molecular flexibility index (Phi) is 5.40. The van der Waals surface area contributed by atoms with Gasteiger partial charge in [0.1, 0.15) is 0 Å². The molecule has 6 heteroatoms. The molecule has 25 heavy (non-hydrogen) atoms. The maximum Gasteiger partial charge on any atom is 0.309 e. The molecule has 0 radical (unpaired) electrons. The number of carbonyl (C=O) groups excluding carboxylic acids is 1. The summed E-state index contributed by atoms with van der Waals surface area (Å²) in [6.45, 7) is 0.373. The second kappa shape index (κ2) is 7.54. The molecular formula is C19H18Cl2O4. The van der Waals surface area contributed by atoms with Crippen LogP contribution in [0, 0.1) is 11.8 Å². The van der Waals surface area contributed by atoms with Crippen LogP contribution in [0.5, 0.6) is 11.5 Å². The molecule has 0 unspecified atom stereocenters. The number of halogens is 2. The first-order chi connectivity index (χ1) is 12.0. The second-order valence-corrected chi connectivity index (χ2v) is 6.97. The van der Waals surface area contributed by atoms with Crippen LogP contribution in [-0.2, 0) is 22.4 Å². The van der Waals surface area contributed by atoms with E-state index >= 15 is 0 Å². The lowest BCUT2D eigenvalue weighted by molar-refractivity contribution is -0.141. The molecule has 1 heterocycles. The van der Waals surface area contributed by atoms with Crippen molar-refractivity contribution >= 4 is 29.2 Å². The highest BCUT2D eigenvalue weighted by molar-refractivity contribution is 6.42. The molecule has 132 valence electrons. The van der Waals surface area contributed by atoms with E-state index < -0.39 is 0 Å². The van der Waals surface area contributed by atoms with E-state index in [0.717, 1.165) is 11.1 Å². The molecule has 1 aliphatic rings. The van der Waals surface area contributed by atoms with Crippen LogP contribution in [0.3, 0.4) is 0 Å². The summed E-state index contributed by atoms with van der Waals surface area (Å²) in [7, 11) is 1.51. The number of benzene rings is 2. The average molecular weight is 381 g/mol. The van der Waals surface area contributed by atoms with Crippen molar-refractivity contribution in [3.05, 3.63) is 57.6 Å². The van der Waals surface area contributed by atoms with Crippen molar-refractivity contribution in [2.24, 2.45) is 11.8 Å². The lowest BCUT2D eigenvalue weighted by atomic mass is 9.85. The molecule has 2 aromatic carbocycles. The van der Waals surface area contributed by atoms with Crippen LogP contribution < -0.4 is 4.74 Å². The van der Waals surface area contributed by atoms with E-state index in [4.69, 9.17) is 32.7 Å². The third kappa shape index (κ3) is 4.02. The quantitative estimate of drug-likeness (QED) is 0.786. The molecule has 4 nitrogen and oxygen atoms in total. The molecule has 2 atom stereocenters. The van der Waals surface area contributed by atoms with Crippen LogP contribution in [0.2, 0.25) is 10.0 Å². The molecule has 1 saturated heterocycles. The van der Waals surface area contributed by atoms with Crippen molar-refractivity contribution in [2.75, 3.05) is 13.7 Å². The lowest BCUT2D eigenvalue weighted by Gasteiger charge is -2.16. The van der Waals surface area contributed by atoms with Gasteiger partial charge in [0, 0.05) is 5.92 Å². The maximum atomic E-state index is 12.1. The Hall–Kier alpha value is -1.91. The minimum atomic E-state index is -0.249. The van der Waals surface area contributed by atoms with Gasteiger partial charge in [0.25, 0.3) is 0 Å². The zero-order valence-electron chi connectivity index (χ0n) is 13.7. The van der Waals surface area contributed by atoms with Crippen LogP contribution in [0.15, 0.2) is 36.4 Å². The predicted molar refractivity (Wildman–Crippen MR) is 96.5 cm³/mol. The summed E-state index contributed by atoms with van der Waals surface area (Å²) in [4.78, 5) is 12.1. The average Bonchev–Trinajstić information content (AvgIpc) is 2.91. The van der Waals surface area contributed by atoms with Crippen molar-refractivity contribution in [3.8, 4) is 11.5 Å². The standard InChI is InChI=1S/C19H18Cl2O4/c1-24-18-5-3-11(9-17(18)22)6-13-10-25-19(23)14(13)7-12-2-4-15(20)16(21)8-12/h2-5,8-9,13-14,22H,6-7,10H2,1H3/t13-,14+/m0/s1. The van der Waals surface area contributed by atoms with E-state index in [1.807, 2.05) is 12.1 Å². The predicted octanol–water partition coefficient (Wildman–Crippen LogP) is 4.28. The summed E-state index contributed by atoms with van der Waals surface area (Å²) >= 11 is 12.0. The highest BCUT2D eigenvalue weighted by Crippen LogP contribution is 2.33. The van der Waals surface area contributed by atoms with Gasteiger partial charge in [0.15, 0.2) is 11.5 Å². The highest BCUT2D eigenvalue weighted by Gasteiger charge is 2.36. The van der Waals surface area contributed by atoms with Gasteiger partial charge < -0.3 is 14.6 Å². The molecule has 0 aromatic heterocycles. The molecular weight excluding hydrogens is 363 g/mol. The molecule has 0 saturated carbocycles. The third-order valence-corrected chi connectivity index (χ3v) is 5.23. The van der Waals surface area contributed by atoms with Crippen molar-refractivity contribution in [1.82, 2.24) is 0 Å². The number of phenolic OH excluding ortho intramolecular Hbond substituents is 1. The van der Waals surface area contributed by atoms with Crippen LogP contribution in [-0.4, -0.2) is 24.8 Å². The first-order valence-electron chi connectivity index (χ1n) is 7.94. The minimum absolute atomic E-state index is 0.0368. The van der Waals surface area contributed by atoms with E-state index in [1.54, 1.807) is 24.3 Å². The first kappa shape index (κ1) is 17.9. The van der Waals surface area contributed by atoms with Crippen molar-refractivity contribution < 1.29 is 19.4 Å². The van der Waals surface area contributed by atoms with Crippen LogP contribution >= 0.6 is 23.2 Å². The number of aromatic hydroxyl groups is 1. The normalized spacial score (nSPS) is 19.7. The van der Waals surface area contributed by atoms with Crippen molar-refractivity contribution in [3.63, 3.8) is 0 Å². The van der Waals surface area contributed by atoms with Gasteiger partial charge in [-0.15, -0.1) is 0 Å². The van der Waals surface area contributed by atoms with Gasteiger partial charge in [-0.05, 0) is 48.2 Å². The maximum absolute atomic E-state index is 12.1. The van der Waals surface area contributed by atoms with Gasteiger partial charge in [-0.1, -0.05) is 35.3 Å². The molecule has 1 N–H and O–H groups in total. The Labute approximate surface area is 156 Å². The summed E-state index contributed by atoms with van der Waals surface area (Å²) in [5, 5.41) is 10.9. The van der Waals surface area contributed by atoms with Crippen molar-refractivity contribution in [2.45, 2.75) is 12.8 Å². The number of hydrogen-bond donors (Lipinski definition) is 1. The SMILES string of the molecule is COc1ccc(C[C@H]2COC(=O)[C@@H]2Cc2ccc(Cl)c(Cl)c2)cc1O. The van der Waals surface area contributed by atoms with Crippen molar-refractivity contribution in [1.29, 1.82) is 0 Å². The van der Waals surface area contributed by atoms with Gasteiger partial charge in [0.2, 0.25) is 0 Å². The molecule has 0 amide bonds. The summed E-state index contributed by atoms with van der Waals surface area (Å²) < 4.78 is 10.3. The van der Waals surface area contributed by atoms with Gasteiger partial charge in [-0.3, -0.25) is 4.79 Å². The Morgan fingerprint density at radius 1 is 1.12 bits per heavy atom. The molecule has 1 aliphatic heterocycles. The number of carbonyl (C=O) groups is 1. The van der Waals surface area contributed by atoms with E-state index in [2.05, 4.69) is 0 Å². The number of methoxy groups -OCH3 is 1. The molecule has 0 aliphatic carbocycles. The van der Waals surface area contributed by atoms with E-state index in [1.165, 1.54) is 7.11 Å². The summed E-state index contributed by atoms with van der Waals surface area (Å²) in [5.41, 5.74) is 1.88. The number of rotatable bonds is 5. The molecule has 0 spiro atoms. The Balaban J connectivity index is 1.75. The fourth-order valence-corrected chi connectivity index (χ4v) is 3.46. The second-order valence-electron chi connectivity index (χ2n) is 6.16.